The molecular formula is C20H23BOS. The van der Waals surface area contributed by atoms with Gasteiger partial charge in [0.1, 0.15) is 18.6 Å². The van der Waals surface area contributed by atoms with Gasteiger partial charge in [-0.3, -0.25) is 0 Å². The van der Waals surface area contributed by atoms with Crippen molar-refractivity contribution in [3.8, 4) is 16.2 Å². The Labute approximate surface area is 143 Å². The number of hydrogen-bond acceptors (Lipinski definition) is 2. The van der Waals surface area contributed by atoms with Gasteiger partial charge >= 0.3 is 0 Å². The summed E-state index contributed by atoms with van der Waals surface area (Å²) in [6.45, 7) is 6.56. The lowest BCUT2D eigenvalue weighted by molar-refractivity contribution is 0.105. The number of thiophene rings is 1. The van der Waals surface area contributed by atoms with E-state index in [0.29, 0.717) is 0 Å². The van der Waals surface area contributed by atoms with Crippen LogP contribution in [0, 0.1) is 0 Å². The lowest BCUT2D eigenvalue weighted by Gasteiger charge is -2.26. The summed E-state index contributed by atoms with van der Waals surface area (Å²) in [5.41, 5.74) is 1.15. The van der Waals surface area contributed by atoms with Gasteiger partial charge in [0.05, 0.1) is 0 Å². The predicted molar refractivity (Wildman–Crippen MR) is 104 cm³/mol. The molecule has 0 aliphatic rings. The summed E-state index contributed by atoms with van der Waals surface area (Å²) >= 11 is 1.84. The zero-order valence-electron chi connectivity index (χ0n) is 14.1. The van der Waals surface area contributed by atoms with Gasteiger partial charge in [-0.1, -0.05) is 31.3 Å². The van der Waals surface area contributed by atoms with Crippen molar-refractivity contribution in [2.75, 3.05) is 0 Å². The van der Waals surface area contributed by atoms with Crippen LogP contribution in [0.2, 0.25) is 13.1 Å². The van der Waals surface area contributed by atoms with Crippen molar-refractivity contribution in [1.29, 1.82) is 0 Å². The van der Waals surface area contributed by atoms with Gasteiger partial charge in [-0.25, -0.2) is 0 Å². The molecule has 2 aromatic carbocycles. The van der Waals surface area contributed by atoms with E-state index in [1.807, 2.05) is 11.3 Å². The predicted octanol–water partition coefficient (Wildman–Crippen LogP) is 6.02. The molecule has 3 aromatic rings. The molecule has 3 heteroatoms. The van der Waals surface area contributed by atoms with Crippen LogP contribution in [0.15, 0.2) is 54.6 Å². The van der Waals surface area contributed by atoms with E-state index < -0.39 is 0 Å². The Hall–Kier alpha value is -1.74. The molecular weight excluding hydrogens is 299 g/mol. The molecule has 1 aromatic heterocycles. The molecule has 3 rings (SSSR count). The first-order valence-corrected chi connectivity index (χ1v) is 9.17. The van der Waals surface area contributed by atoms with Crippen LogP contribution in [-0.4, -0.2) is 12.9 Å². The Balaban J connectivity index is 1.76. The fourth-order valence-electron chi connectivity index (χ4n) is 2.78. The summed E-state index contributed by atoms with van der Waals surface area (Å²) in [6, 6.07) is 19.3. The molecule has 0 saturated carbocycles. The molecule has 1 nitrogen and oxygen atoms in total. The highest BCUT2D eigenvalue weighted by Gasteiger charge is 2.19. The van der Waals surface area contributed by atoms with Gasteiger partial charge in [0.2, 0.25) is 0 Å². The van der Waals surface area contributed by atoms with E-state index in [0.717, 1.165) is 12.2 Å². The first-order chi connectivity index (χ1) is 11.1. The Morgan fingerprint density at radius 1 is 1.04 bits per heavy atom. The molecule has 118 valence electrons. The Kier molecular flexibility index (Phi) is 4.77. The summed E-state index contributed by atoms with van der Waals surface area (Å²) < 4.78 is 7.49. The smallest absolute Gasteiger partial charge is 0.120 e. The van der Waals surface area contributed by atoms with Gasteiger partial charge in [-0.2, -0.15) is 0 Å². The minimum Gasteiger partial charge on any atom is -0.488 e. The van der Waals surface area contributed by atoms with E-state index in [2.05, 4.69) is 75.3 Å². The molecule has 0 radical (unpaired) electrons. The Morgan fingerprint density at radius 3 is 2.48 bits per heavy atom. The van der Waals surface area contributed by atoms with Crippen LogP contribution in [0.3, 0.4) is 0 Å². The lowest BCUT2D eigenvalue weighted by atomic mass is 9.74. The average molecular weight is 322 g/mol. The Bertz CT molecular complexity index is 741. The van der Waals surface area contributed by atoms with Crippen molar-refractivity contribution in [2.24, 2.45) is 0 Å². The largest absolute Gasteiger partial charge is 0.488 e. The molecule has 0 spiro atoms. The van der Waals surface area contributed by atoms with Crippen molar-refractivity contribution in [3.63, 3.8) is 0 Å². The van der Waals surface area contributed by atoms with Gasteiger partial charge in [0.15, 0.2) is 0 Å². The van der Waals surface area contributed by atoms with Gasteiger partial charge in [-0.15, -0.1) is 11.3 Å². The number of hydrogen-bond donors (Lipinski definition) is 0. The number of fused-ring (bicyclic) bond motifs is 1. The van der Waals surface area contributed by atoms with Crippen LogP contribution in [0.1, 0.15) is 20.3 Å². The zero-order valence-corrected chi connectivity index (χ0v) is 15.0. The van der Waals surface area contributed by atoms with Crippen molar-refractivity contribution >= 4 is 28.7 Å². The molecule has 1 heterocycles. The zero-order chi connectivity index (χ0) is 16.3. The first-order valence-electron chi connectivity index (χ1n) is 8.35. The van der Waals surface area contributed by atoms with Crippen LogP contribution < -0.4 is 4.74 Å². The van der Waals surface area contributed by atoms with Crippen LogP contribution in [0.4, 0.5) is 0 Å². The molecule has 23 heavy (non-hydrogen) atoms. The third-order valence-corrected chi connectivity index (χ3v) is 5.26. The highest BCUT2D eigenvalue weighted by atomic mass is 32.1. The van der Waals surface area contributed by atoms with E-state index in [1.165, 1.54) is 34.1 Å². The normalized spacial score (nSPS) is 11.6. The highest BCUT2D eigenvalue weighted by Crippen LogP contribution is 2.34. The second-order valence-corrected chi connectivity index (χ2v) is 7.72. The summed E-state index contributed by atoms with van der Waals surface area (Å²) in [5, 5.41) is 1.31. The maximum Gasteiger partial charge on any atom is 0.120 e. The molecule has 0 fully saturated rings. The second kappa shape index (κ2) is 6.80. The van der Waals surface area contributed by atoms with E-state index in [1.54, 1.807) is 0 Å². The van der Waals surface area contributed by atoms with Crippen molar-refractivity contribution in [3.05, 3.63) is 54.6 Å². The van der Waals surface area contributed by atoms with E-state index in [4.69, 9.17) is 4.74 Å². The van der Waals surface area contributed by atoms with Crippen molar-refractivity contribution < 1.29 is 4.74 Å². The Morgan fingerprint density at radius 2 is 1.78 bits per heavy atom. The molecule has 0 atom stereocenters. The number of benzene rings is 2. The number of rotatable bonds is 6. The van der Waals surface area contributed by atoms with Crippen molar-refractivity contribution in [2.45, 2.75) is 39.0 Å². The van der Waals surface area contributed by atoms with E-state index in [-0.39, 0.29) is 5.60 Å². The van der Waals surface area contributed by atoms with E-state index in [9.17, 15) is 0 Å². The van der Waals surface area contributed by atoms with Crippen LogP contribution in [0.25, 0.3) is 20.5 Å². The molecule has 0 amide bonds. The molecule has 0 saturated heterocycles. The summed E-state index contributed by atoms with van der Waals surface area (Å²) in [7, 11) is 1.21. The van der Waals surface area contributed by atoms with Gasteiger partial charge in [0.25, 0.3) is 0 Å². The fourth-order valence-corrected chi connectivity index (χ4v) is 3.85. The molecule has 0 aliphatic heterocycles. The molecule has 0 unspecified atom stereocenters. The minimum absolute atomic E-state index is 0.102. The minimum atomic E-state index is -0.102. The SMILES string of the molecule is CBCCC(C)(C)Oc1ccc(-c2cc3ccccc3s2)cc1. The van der Waals surface area contributed by atoms with Gasteiger partial charge < -0.3 is 4.74 Å². The standard InChI is InChI=1S/C20H23BOS/c1-20(2,12-13-21-3)22-17-10-8-15(9-11-17)19-14-16-6-4-5-7-18(16)23-19/h4-11,14,21H,12-13H2,1-3H3. The van der Waals surface area contributed by atoms with E-state index >= 15 is 0 Å². The average Bonchev–Trinajstić information content (AvgIpc) is 2.97. The lowest BCUT2D eigenvalue weighted by Crippen LogP contribution is -2.28. The summed E-state index contributed by atoms with van der Waals surface area (Å²) in [4.78, 5) is 1.31. The summed E-state index contributed by atoms with van der Waals surface area (Å²) in [5.74, 6) is 0.955. The van der Waals surface area contributed by atoms with Crippen LogP contribution in [0.5, 0.6) is 5.75 Å². The molecule has 0 bridgehead atoms. The summed E-state index contributed by atoms with van der Waals surface area (Å²) in [6.07, 6.45) is 2.29. The van der Waals surface area contributed by atoms with Crippen molar-refractivity contribution in [1.82, 2.24) is 0 Å². The topological polar surface area (TPSA) is 9.23 Å². The number of ether oxygens (including phenoxy) is 1. The maximum atomic E-state index is 6.16. The van der Waals surface area contributed by atoms with Gasteiger partial charge in [-0.05, 0) is 67.6 Å². The van der Waals surface area contributed by atoms with Crippen LogP contribution >= 0.6 is 11.3 Å². The van der Waals surface area contributed by atoms with Crippen LogP contribution in [-0.2, 0) is 0 Å². The maximum absolute atomic E-state index is 6.16. The highest BCUT2D eigenvalue weighted by molar-refractivity contribution is 7.22. The molecule has 0 aliphatic carbocycles. The second-order valence-electron chi connectivity index (χ2n) is 6.64. The monoisotopic (exact) mass is 322 g/mol. The third-order valence-electron chi connectivity index (χ3n) is 4.09. The third kappa shape index (κ3) is 3.97. The first kappa shape index (κ1) is 16.1. The van der Waals surface area contributed by atoms with Gasteiger partial charge in [0, 0.05) is 9.58 Å². The fraction of sp³-hybridized carbons (Fsp3) is 0.300. The molecule has 0 N–H and O–H groups in total. The quantitative estimate of drug-likeness (QED) is 0.504.